The lowest BCUT2D eigenvalue weighted by atomic mass is 9.65. The number of rotatable bonds is 7. The molecule has 39 heavy (non-hydrogen) atoms. The minimum absolute atomic E-state index is 0.0175. The van der Waals surface area contributed by atoms with E-state index in [0.717, 1.165) is 22.6 Å². The van der Waals surface area contributed by atoms with E-state index in [9.17, 15) is 9.59 Å². The van der Waals surface area contributed by atoms with Crippen molar-refractivity contribution in [2.75, 3.05) is 10.7 Å². The summed E-state index contributed by atoms with van der Waals surface area (Å²) in [5, 5.41) is 1.13. The van der Waals surface area contributed by atoms with Crippen LogP contribution in [0, 0.1) is 0 Å². The Kier molecular flexibility index (Phi) is 7.94. The van der Waals surface area contributed by atoms with E-state index in [1.54, 1.807) is 11.8 Å². The van der Waals surface area contributed by atoms with Gasteiger partial charge in [0.2, 0.25) is 5.91 Å². The molecule has 1 unspecified atom stereocenters. The summed E-state index contributed by atoms with van der Waals surface area (Å²) in [6.45, 7) is 6.52. The number of para-hydroxylation sites is 1. The molecule has 1 amide bonds. The van der Waals surface area contributed by atoms with Crippen molar-refractivity contribution in [2.24, 2.45) is 0 Å². The van der Waals surface area contributed by atoms with Gasteiger partial charge in [-0.2, -0.15) is 0 Å². The second-order valence-corrected chi connectivity index (χ2v) is 13.0. The summed E-state index contributed by atoms with van der Waals surface area (Å²) < 4.78 is 0. The highest BCUT2D eigenvalue weighted by Gasteiger charge is 2.47. The fourth-order valence-electron chi connectivity index (χ4n) is 5.54. The summed E-state index contributed by atoms with van der Waals surface area (Å²) in [7, 11) is 0. The molecule has 5 nitrogen and oxygen atoms in total. The van der Waals surface area contributed by atoms with Crippen LogP contribution < -0.4 is 10.5 Å². The molecule has 1 aliphatic rings. The van der Waals surface area contributed by atoms with Crippen molar-refractivity contribution in [1.29, 1.82) is 0 Å². The molecule has 1 aliphatic heterocycles. The van der Waals surface area contributed by atoms with Crippen LogP contribution in [-0.4, -0.2) is 27.2 Å². The zero-order chi connectivity index (χ0) is 27.6. The first-order chi connectivity index (χ1) is 18.7. The number of aromatic nitrogens is 2. The molecule has 0 radical (unpaired) electrons. The number of hydrogen-bond acceptors (Lipinski definition) is 5. The normalized spacial score (nSPS) is 18.0. The number of hydrogen-bond donors (Lipinski definition) is 1. The molecule has 0 aliphatic carbocycles. The Morgan fingerprint density at radius 1 is 0.974 bits per heavy atom. The van der Waals surface area contributed by atoms with Gasteiger partial charge in [0.25, 0.3) is 5.56 Å². The summed E-state index contributed by atoms with van der Waals surface area (Å²) in [6.07, 6.45) is 0.782. The summed E-state index contributed by atoms with van der Waals surface area (Å²) in [4.78, 5) is 36.5. The van der Waals surface area contributed by atoms with Crippen molar-refractivity contribution in [3.63, 3.8) is 0 Å². The predicted molar refractivity (Wildman–Crippen MR) is 162 cm³/mol. The van der Waals surface area contributed by atoms with Gasteiger partial charge in [0.15, 0.2) is 5.16 Å². The van der Waals surface area contributed by atoms with Crippen molar-refractivity contribution in [3.8, 4) is 0 Å². The Balaban J connectivity index is 1.35. The van der Waals surface area contributed by atoms with E-state index in [0.29, 0.717) is 21.6 Å². The van der Waals surface area contributed by atoms with Crippen molar-refractivity contribution in [1.82, 2.24) is 9.97 Å². The molecule has 8 heteroatoms. The Morgan fingerprint density at radius 2 is 1.67 bits per heavy atom. The SMILES string of the molecule is CC1(c2ccccc2)CC(C)(C)N(C(=O)CSc2nc(CSc3ccc(Cl)cc3)cc(=O)[nH]2)c2ccccc21. The first kappa shape index (κ1) is 27.6. The van der Waals surface area contributed by atoms with E-state index >= 15 is 0 Å². The molecule has 3 aromatic carbocycles. The maximum atomic E-state index is 13.8. The third-order valence-corrected chi connectivity index (χ3v) is 9.25. The fourth-order valence-corrected chi connectivity index (χ4v) is 7.21. The first-order valence-electron chi connectivity index (χ1n) is 12.8. The third kappa shape index (κ3) is 5.96. The summed E-state index contributed by atoms with van der Waals surface area (Å²) in [5.74, 6) is 0.685. The van der Waals surface area contributed by atoms with Crippen LogP contribution in [0.1, 0.15) is 44.0 Å². The highest BCUT2D eigenvalue weighted by molar-refractivity contribution is 7.99. The van der Waals surface area contributed by atoms with Crippen LogP contribution >= 0.6 is 35.1 Å². The van der Waals surface area contributed by atoms with Crippen molar-refractivity contribution in [3.05, 3.63) is 117 Å². The Morgan fingerprint density at radius 3 is 2.41 bits per heavy atom. The van der Waals surface area contributed by atoms with Crippen LogP contribution in [0.25, 0.3) is 0 Å². The van der Waals surface area contributed by atoms with Gasteiger partial charge >= 0.3 is 0 Å². The van der Waals surface area contributed by atoms with Gasteiger partial charge in [0.1, 0.15) is 0 Å². The zero-order valence-corrected chi connectivity index (χ0v) is 24.5. The van der Waals surface area contributed by atoms with E-state index in [-0.39, 0.29) is 22.6 Å². The first-order valence-corrected chi connectivity index (χ1v) is 15.1. The number of carbonyl (C=O) groups excluding carboxylic acids is 1. The second kappa shape index (κ2) is 11.2. The van der Waals surface area contributed by atoms with Gasteiger partial charge in [-0.15, -0.1) is 11.8 Å². The molecule has 0 bridgehead atoms. The van der Waals surface area contributed by atoms with Crippen molar-refractivity contribution in [2.45, 2.75) is 54.0 Å². The van der Waals surface area contributed by atoms with Crippen LogP contribution in [0.15, 0.2) is 99.8 Å². The van der Waals surface area contributed by atoms with Gasteiger partial charge in [0, 0.05) is 38.4 Å². The van der Waals surface area contributed by atoms with E-state index in [1.807, 2.05) is 53.4 Å². The molecular weight excluding hydrogens is 546 g/mol. The molecule has 1 aromatic heterocycles. The Bertz CT molecular complexity index is 1540. The predicted octanol–water partition coefficient (Wildman–Crippen LogP) is 7.33. The van der Waals surface area contributed by atoms with Crippen LogP contribution in [0.5, 0.6) is 0 Å². The summed E-state index contributed by atoms with van der Waals surface area (Å²) in [6, 6.07) is 27.8. The van der Waals surface area contributed by atoms with Crippen LogP contribution in [-0.2, 0) is 16.0 Å². The van der Waals surface area contributed by atoms with E-state index in [4.69, 9.17) is 11.6 Å². The average molecular weight is 576 g/mol. The fraction of sp³-hybridized carbons (Fsp3) is 0.258. The van der Waals surface area contributed by atoms with Crippen LogP contribution in [0.3, 0.4) is 0 Å². The van der Waals surface area contributed by atoms with Crippen LogP contribution in [0.2, 0.25) is 5.02 Å². The van der Waals surface area contributed by atoms with Crippen molar-refractivity contribution < 1.29 is 4.79 Å². The Labute approximate surface area is 242 Å². The highest BCUT2D eigenvalue weighted by Crippen LogP contribution is 2.50. The molecule has 5 rings (SSSR count). The smallest absolute Gasteiger partial charge is 0.251 e. The average Bonchev–Trinajstić information content (AvgIpc) is 2.91. The quantitative estimate of drug-likeness (QED) is 0.185. The lowest BCUT2D eigenvalue weighted by Crippen LogP contribution is -2.56. The molecule has 200 valence electrons. The molecule has 1 N–H and O–H groups in total. The largest absolute Gasteiger partial charge is 0.306 e. The summed E-state index contributed by atoms with van der Waals surface area (Å²) in [5.41, 5.74) is 3.09. The lowest BCUT2D eigenvalue weighted by Gasteiger charge is -2.51. The second-order valence-electron chi connectivity index (χ2n) is 10.5. The molecule has 1 atom stereocenters. The number of carbonyl (C=O) groups is 1. The molecular formula is C31H30ClN3O2S2. The number of H-pyrrole nitrogens is 1. The number of nitrogens with one attached hydrogen (secondary N) is 1. The molecule has 2 heterocycles. The van der Waals surface area contributed by atoms with Gasteiger partial charge in [-0.1, -0.05) is 78.8 Å². The highest BCUT2D eigenvalue weighted by atomic mass is 35.5. The minimum atomic E-state index is -0.422. The molecule has 0 saturated heterocycles. The van der Waals surface area contributed by atoms with Gasteiger partial charge in [-0.3, -0.25) is 9.59 Å². The van der Waals surface area contributed by atoms with Crippen LogP contribution in [0.4, 0.5) is 5.69 Å². The summed E-state index contributed by atoms with van der Waals surface area (Å²) >= 11 is 8.81. The molecule has 0 saturated carbocycles. The van der Waals surface area contributed by atoms with E-state index in [2.05, 4.69) is 61.1 Å². The lowest BCUT2D eigenvalue weighted by molar-refractivity contribution is -0.117. The Hall–Kier alpha value is -3.00. The van der Waals surface area contributed by atoms with Gasteiger partial charge in [-0.25, -0.2) is 4.98 Å². The van der Waals surface area contributed by atoms with Gasteiger partial charge < -0.3 is 9.88 Å². The standard InChI is InChI=1S/C31H30ClN3O2S2/c1-30(2)20-31(3,21-9-5-4-6-10-21)25-11-7-8-12-26(25)35(30)28(37)19-39-29-33-23(17-27(36)34-29)18-38-24-15-13-22(32)14-16-24/h4-17H,18-20H2,1-3H3,(H,33,34,36). The number of aromatic amines is 1. The minimum Gasteiger partial charge on any atom is -0.306 e. The van der Waals surface area contributed by atoms with Gasteiger partial charge in [0.05, 0.1) is 11.4 Å². The van der Waals surface area contributed by atoms with E-state index < -0.39 is 5.54 Å². The van der Waals surface area contributed by atoms with Gasteiger partial charge in [-0.05, 0) is 61.7 Å². The number of halogens is 1. The number of benzene rings is 3. The maximum Gasteiger partial charge on any atom is 0.251 e. The molecule has 0 spiro atoms. The topological polar surface area (TPSA) is 66.1 Å². The monoisotopic (exact) mass is 575 g/mol. The molecule has 4 aromatic rings. The molecule has 0 fully saturated rings. The number of anilines is 1. The maximum absolute atomic E-state index is 13.8. The third-order valence-electron chi connectivity index (χ3n) is 7.10. The number of thioether (sulfide) groups is 2. The number of fused-ring (bicyclic) bond motifs is 1. The zero-order valence-electron chi connectivity index (χ0n) is 22.1. The number of amides is 1. The van der Waals surface area contributed by atoms with Crippen molar-refractivity contribution >= 4 is 46.7 Å². The van der Waals surface area contributed by atoms with E-state index in [1.165, 1.54) is 23.4 Å². The number of nitrogens with zero attached hydrogens (tertiary/aromatic N) is 2.